The Morgan fingerprint density at radius 3 is 2.58 bits per heavy atom. The van der Waals surface area contributed by atoms with Crippen molar-refractivity contribution in [3.63, 3.8) is 0 Å². The lowest BCUT2D eigenvalue weighted by molar-refractivity contribution is 0.0125. The van der Waals surface area contributed by atoms with Gasteiger partial charge >= 0.3 is 6.09 Å². The summed E-state index contributed by atoms with van der Waals surface area (Å²) in [7, 11) is 0. The Morgan fingerprint density at radius 1 is 1.10 bits per heavy atom. The van der Waals surface area contributed by atoms with Gasteiger partial charge < -0.3 is 20.3 Å². The molecule has 2 atom stereocenters. The number of carbonyl (C=O) groups excluding carboxylic acids is 2. The highest BCUT2D eigenvalue weighted by Gasteiger charge is 2.33. The van der Waals surface area contributed by atoms with Crippen LogP contribution in [0.3, 0.4) is 0 Å². The molecule has 9 nitrogen and oxygen atoms in total. The standard InChI is InChI=1S/C29H34F2N6O3/c1-17-9-24(30)23(27(38)35-19-5-6-19)11-22(17)18-12-33-37(15-18)21-10-20(13-32-14-21)34-26-7-8-36(16-25(26)31)28(39)40-29(2,3)4/h9-15,19,25-26,34H,5-8,16H2,1-4H3,(H,35,38)/t25-,26+/m1/s1. The van der Waals surface area contributed by atoms with Crippen molar-refractivity contribution in [2.45, 2.75) is 70.8 Å². The summed E-state index contributed by atoms with van der Waals surface area (Å²) < 4.78 is 36.6. The number of aromatic nitrogens is 3. The molecule has 1 saturated carbocycles. The second-order valence-corrected chi connectivity index (χ2v) is 11.5. The van der Waals surface area contributed by atoms with E-state index in [4.69, 9.17) is 4.74 Å². The van der Waals surface area contributed by atoms with Crippen LogP contribution in [0.1, 0.15) is 56.0 Å². The van der Waals surface area contributed by atoms with Crippen LogP contribution in [0.2, 0.25) is 0 Å². The molecule has 1 aliphatic heterocycles. The summed E-state index contributed by atoms with van der Waals surface area (Å²) in [5, 5.41) is 10.5. The van der Waals surface area contributed by atoms with Crippen LogP contribution in [0.4, 0.5) is 19.3 Å². The molecule has 2 N–H and O–H groups in total. The zero-order chi connectivity index (χ0) is 28.6. The number of hydrogen-bond donors (Lipinski definition) is 2. The van der Waals surface area contributed by atoms with Gasteiger partial charge in [-0.2, -0.15) is 5.10 Å². The molecule has 2 fully saturated rings. The van der Waals surface area contributed by atoms with Gasteiger partial charge in [0.2, 0.25) is 0 Å². The van der Waals surface area contributed by atoms with Crippen LogP contribution in [0.15, 0.2) is 43.0 Å². The molecular weight excluding hydrogens is 518 g/mol. The number of hydrogen-bond acceptors (Lipinski definition) is 6. The number of alkyl halides is 1. The lowest BCUT2D eigenvalue weighted by atomic mass is 9.99. The fourth-order valence-corrected chi connectivity index (χ4v) is 4.66. The van der Waals surface area contributed by atoms with Crippen LogP contribution in [0.5, 0.6) is 0 Å². The fraction of sp³-hybridized carbons (Fsp3) is 0.448. The first-order valence-corrected chi connectivity index (χ1v) is 13.5. The molecule has 0 radical (unpaired) electrons. The van der Waals surface area contributed by atoms with Crippen molar-refractivity contribution < 1.29 is 23.1 Å². The number of nitrogens with zero attached hydrogens (tertiary/aromatic N) is 4. The van der Waals surface area contributed by atoms with Crippen LogP contribution in [0, 0.1) is 12.7 Å². The number of benzene rings is 1. The predicted molar refractivity (Wildman–Crippen MR) is 147 cm³/mol. The molecule has 1 aliphatic carbocycles. The number of carbonyl (C=O) groups is 2. The van der Waals surface area contributed by atoms with Gasteiger partial charge in [0.05, 0.1) is 48.1 Å². The minimum absolute atomic E-state index is 0.00612. The average molecular weight is 553 g/mol. The van der Waals surface area contributed by atoms with Gasteiger partial charge in [0, 0.05) is 24.3 Å². The van der Waals surface area contributed by atoms with Crippen LogP contribution < -0.4 is 10.6 Å². The third-order valence-corrected chi connectivity index (χ3v) is 6.90. The van der Waals surface area contributed by atoms with Crippen molar-refractivity contribution in [3.8, 4) is 16.8 Å². The van der Waals surface area contributed by atoms with Gasteiger partial charge in [0.1, 0.15) is 17.6 Å². The van der Waals surface area contributed by atoms with E-state index in [0.717, 1.165) is 18.4 Å². The molecule has 0 unspecified atom stereocenters. The lowest BCUT2D eigenvalue weighted by Crippen LogP contribution is -2.51. The molecule has 11 heteroatoms. The summed E-state index contributed by atoms with van der Waals surface area (Å²) in [4.78, 5) is 30.5. The van der Waals surface area contributed by atoms with Crippen LogP contribution >= 0.6 is 0 Å². The maximum absolute atomic E-state index is 15.0. The van der Waals surface area contributed by atoms with Crippen LogP contribution in [-0.2, 0) is 4.74 Å². The van der Waals surface area contributed by atoms with E-state index in [9.17, 15) is 14.0 Å². The molecule has 2 aliphatic rings. The summed E-state index contributed by atoms with van der Waals surface area (Å²) in [5.41, 5.74) is 2.72. The first-order valence-electron chi connectivity index (χ1n) is 13.5. The summed E-state index contributed by atoms with van der Waals surface area (Å²) in [5.74, 6) is -0.974. The average Bonchev–Trinajstić information content (AvgIpc) is 3.56. The van der Waals surface area contributed by atoms with E-state index in [1.807, 2.05) is 6.07 Å². The van der Waals surface area contributed by atoms with E-state index in [2.05, 4.69) is 20.7 Å². The molecule has 212 valence electrons. The number of amides is 2. The third-order valence-electron chi connectivity index (χ3n) is 6.90. The van der Waals surface area contributed by atoms with E-state index < -0.39 is 35.6 Å². The number of aryl methyl sites for hydroxylation is 1. The van der Waals surface area contributed by atoms with Gasteiger partial charge in [-0.3, -0.25) is 9.78 Å². The summed E-state index contributed by atoms with van der Waals surface area (Å²) >= 11 is 0. The molecule has 3 aromatic rings. The number of pyridine rings is 1. The van der Waals surface area contributed by atoms with E-state index in [1.54, 1.807) is 63.2 Å². The van der Waals surface area contributed by atoms with Gasteiger partial charge in [-0.05, 0) is 76.3 Å². The van der Waals surface area contributed by atoms with Crippen molar-refractivity contribution in [3.05, 3.63) is 59.9 Å². The van der Waals surface area contributed by atoms with Crippen molar-refractivity contribution in [1.29, 1.82) is 0 Å². The van der Waals surface area contributed by atoms with Gasteiger partial charge in [-0.15, -0.1) is 0 Å². The molecule has 2 aromatic heterocycles. The number of likely N-dealkylation sites (tertiary alicyclic amines) is 1. The van der Waals surface area contributed by atoms with E-state index in [1.165, 1.54) is 11.0 Å². The smallest absolute Gasteiger partial charge is 0.410 e. The zero-order valence-corrected chi connectivity index (χ0v) is 23.1. The van der Waals surface area contributed by atoms with Gasteiger partial charge in [0.15, 0.2) is 0 Å². The number of anilines is 1. The Balaban J connectivity index is 1.28. The molecule has 0 spiro atoms. The molecule has 3 heterocycles. The summed E-state index contributed by atoms with van der Waals surface area (Å²) in [6.07, 6.45) is 7.11. The molecule has 1 aromatic carbocycles. The molecule has 2 amide bonds. The van der Waals surface area contributed by atoms with E-state index in [-0.39, 0.29) is 18.2 Å². The molecule has 0 bridgehead atoms. The molecule has 40 heavy (non-hydrogen) atoms. The van der Waals surface area contributed by atoms with Gasteiger partial charge in [-0.1, -0.05) is 0 Å². The number of halogens is 2. The first kappa shape index (κ1) is 27.5. The quantitative estimate of drug-likeness (QED) is 0.445. The predicted octanol–water partition coefficient (Wildman–Crippen LogP) is 5.03. The summed E-state index contributed by atoms with van der Waals surface area (Å²) in [6.45, 7) is 7.44. The second-order valence-electron chi connectivity index (χ2n) is 11.5. The normalized spacial score (nSPS) is 19.3. The third kappa shape index (κ3) is 6.40. The van der Waals surface area contributed by atoms with Crippen LogP contribution in [0.25, 0.3) is 16.8 Å². The minimum atomic E-state index is -1.28. The van der Waals surface area contributed by atoms with Gasteiger partial charge in [0.25, 0.3) is 5.91 Å². The Hall–Kier alpha value is -4.02. The van der Waals surface area contributed by atoms with Gasteiger partial charge in [-0.25, -0.2) is 18.3 Å². The second kappa shape index (κ2) is 10.9. The Morgan fingerprint density at radius 2 is 1.88 bits per heavy atom. The highest BCUT2D eigenvalue weighted by atomic mass is 19.1. The highest BCUT2D eigenvalue weighted by molar-refractivity contribution is 5.96. The van der Waals surface area contributed by atoms with E-state index >= 15 is 4.39 Å². The molecule has 5 rings (SSSR count). The van der Waals surface area contributed by atoms with Crippen molar-refractivity contribution >= 4 is 17.7 Å². The SMILES string of the molecule is Cc1cc(F)c(C(=O)NC2CC2)cc1-c1cnn(-c2cncc(N[C@H]3CCN(C(=O)OC(C)(C)C)C[C@H]3F)c2)c1. The first-order chi connectivity index (χ1) is 19.0. The molecule has 1 saturated heterocycles. The zero-order valence-electron chi connectivity index (χ0n) is 23.1. The number of ether oxygens (including phenoxy) is 1. The maximum Gasteiger partial charge on any atom is 0.410 e. The minimum Gasteiger partial charge on any atom is -0.444 e. The lowest BCUT2D eigenvalue weighted by Gasteiger charge is -2.36. The maximum atomic E-state index is 15.0. The number of rotatable bonds is 6. The Labute approximate surface area is 231 Å². The van der Waals surface area contributed by atoms with Crippen molar-refractivity contribution in [2.24, 2.45) is 0 Å². The Kier molecular flexibility index (Phi) is 7.48. The largest absolute Gasteiger partial charge is 0.444 e. The van der Waals surface area contributed by atoms with Crippen LogP contribution in [-0.4, -0.2) is 68.6 Å². The topological polar surface area (TPSA) is 101 Å². The Bertz CT molecular complexity index is 1410. The van der Waals surface area contributed by atoms with Crippen molar-refractivity contribution in [1.82, 2.24) is 25.0 Å². The number of nitrogens with one attached hydrogen (secondary N) is 2. The van der Waals surface area contributed by atoms with Crippen molar-refractivity contribution in [2.75, 3.05) is 18.4 Å². The number of piperidine rings is 1. The summed E-state index contributed by atoms with van der Waals surface area (Å²) in [6, 6.07) is 4.36. The monoisotopic (exact) mass is 552 g/mol. The molecular formula is C29H34F2N6O3. The fourth-order valence-electron chi connectivity index (χ4n) is 4.66. The highest BCUT2D eigenvalue weighted by Crippen LogP contribution is 2.29. The van der Waals surface area contributed by atoms with E-state index in [0.29, 0.717) is 35.5 Å².